The lowest BCUT2D eigenvalue weighted by Crippen LogP contribution is -2.23. The number of hydrogen-bond acceptors (Lipinski definition) is 1. The molecule has 5 rings (SSSR count). The van der Waals surface area contributed by atoms with E-state index in [1.165, 1.54) is 44.9 Å². The highest BCUT2D eigenvalue weighted by molar-refractivity contribution is 5.85. The quantitative estimate of drug-likeness (QED) is 0.322. The van der Waals surface area contributed by atoms with E-state index in [0.717, 1.165) is 12.8 Å². The molecule has 0 aromatic heterocycles. The average Bonchev–Trinajstić information content (AvgIpc) is 3.09. The van der Waals surface area contributed by atoms with Crippen molar-refractivity contribution >= 4 is 17.1 Å². The molecular formula is C30H29N. The Hall–Kier alpha value is -3.32. The van der Waals surface area contributed by atoms with Crippen LogP contribution in [-0.2, 0) is 5.41 Å². The van der Waals surface area contributed by atoms with Crippen LogP contribution in [0.4, 0.5) is 17.1 Å². The minimum absolute atomic E-state index is 0.0751. The highest BCUT2D eigenvalue weighted by atomic mass is 15.1. The molecule has 0 N–H and O–H groups in total. The van der Waals surface area contributed by atoms with Gasteiger partial charge in [0, 0.05) is 22.5 Å². The van der Waals surface area contributed by atoms with Gasteiger partial charge in [-0.05, 0) is 78.4 Å². The summed E-state index contributed by atoms with van der Waals surface area (Å²) in [6, 6.07) is 35.4. The number of anilines is 3. The third-order valence-corrected chi connectivity index (χ3v) is 6.99. The lowest BCUT2D eigenvalue weighted by atomic mass is 9.73. The smallest absolute Gasteiger partial charge is 0.0465 e. The van der Waals surface area contributed by atoms with Crippen LogP contribution in [0.5, 0.6) is 0 Å². The third kappa shape index (κ3) is 3.08. The normalized spacial score (nSPS) is 13.5. The van der Waals surface area contributed by atoms with Crippen LogP contribution in [0.2, 0.25) is 0 Å². The number of fused-ring (bicyclic) bond motifs is 3. The Labute approximate surface area is 186 Å². The Bertz CT molecular complexity index is 1160. The van der Waals surface area contributed by atoms with E-state index in [9.17, 15) is 0 Å². The number of nitrogens with zero attached hydrogens (tertiary/aromatic N) is 1. The number of benzene rings is 4. The van der Waals surface area contributed by atoms with Crippen molar-refractivity contribution < 1.29 is 0 Å². The molecule has 1 aliphatic carbocycles. The van der Waals surface area contributed by atoms with Gasteiger partial charge in [-0.3, -0.25) is 0 Å². The number of hydrogen-bond donors (Lipinski definition) is 0. The molecule has 4 aromatic carbocycles. The van der Waals surface area contributed by atoms with E-state index in [1.807, 2.05) is 0 Å². The van der Waals surface area contributed by atoms with Crippen molar-refractivity contribution in [3.05, 3.63) is 114 Å². The van der Waals surface area contributed by atoms with Gasteiger partial charge in [0.25, 0.3) is 0 Å². The number of para-hydroxylation sites is 2. The van der Waals surface area contributed by atoms with Crippen LogP contribution in [-0.4, -0.2) is 0 Å². The second-order valence-corrected chi connectivity index (χ2v) is 8.57. The van der Waals surface area contributed by atoms with Gasteiger partial charge in [-0.1, -0.05) is 80.1 Å². The topological polar surface area (TPSA) is 3.24 Å². The van der Waals surface area contributed by atoms with E-state index in [2.05, 4.69) is 123 Å². The summed E-state index contributed by atoms with van der Waals surface area (Å²) in [5.74, 6) is 0. The first-order valence-corrected chi connectivity index (χ1v) is 11.3. The molecular weight excluding hydrogens is 374 g/mol. The lowest BCUT2D eigenvalue weighted by Gasteiger charge is -2.32. The molecule has 0 fully saturated rings. The highest BCUT2D eigenvalue weighted by Crippen LogP contribution is 2.54. The summed E-state index contributed by atoms with van der Waals surface area (Å²) < 4.78 is 0. The van der Waals surface area contributed by atoms with E-state index in [4.69, 9.17) is 0 Å². The molecule has 0 amide bonds. The Morgan fingerprint density at radius 3 is 1.65 bits per heavy atom. The molecule has 0 bridgehead atoms. The fraction of sp³-hybridized carbons (Fsp3) is 0.200. The maximum absolute atomic E-state index is 2.44. The van der Waals surface area contributed by atoms with Crippen molar-refractivity contribution in [2.24, 2.45) is 0 Å². The maximum atomic E-state index is 2.44. The predicted molar refractivity (Wildman–Crippen MR) is 133 cm³/mol. The zero-order valence-electron chi connectivity index (χ0n) is 18.6. The Morgan fingerprint density at radius 2 is 1.10 bits per heavy atom. The first-order valence-electron chi connectivity index (χ1n) is 11.3. The van der Waals surface area contributed by atoms with Crippen molar-refractivity contribution in [2.45, 2.75) is 39.0 Å². The average molecular weight is 404 g/mol. The fourth-order valence-electron chi connectivity index (χ4n) is 5.35. The van der Waals surface area contributed by atoms with Crippen LogP contribution in [0.3, 0.4) is 0 Å². The summed E-state index contributed by atoms with van der Waals surface area (Å²) in [6.07, 6.45) is 2.21. The van der Waals surface area contributed by atoms with E-state index >= 15 is 0 Å². The van der Waals surface area contributed by atoms with Gasteiger partial charge in [0.2, 0.25) is 0 Å². The molecule has 0 radical (unpaired) electrons. The zero-order valence-corrected chi connectivity index (χ0v) is 18.6. The van der Waals surface area contributed by atoms with Crippen LogP contribution >= 0.6 is 0 Å². The van der Waals surface area contributed by atoms with E-state index in [-0.39, 0.29) is 5.41 Å². The molecule has 0 saturated carbocycles. The lowest BCUT2D eigenvalue weighted by molar-refractivity contribution is 0.490. The largest absolute Gasteiger partial charge is 0.310 e. The second-order valence-electron chi connectivity index (χ2n) is 8.57. The molecule has 1 aliphatic rings. The van der Waals surface area contributed by atoms with Crippen molar-refractivity contribution in [1.29, 1.82) is 0 Å². The van der Waals surface area contributed by atoms with Crippen LogP contribution < -0.4 is 4.90 Å². The summed E-state index contributed by atoms with van der Waals surface area (Å²) in [5, 5.41) is 0. The predicted octanol–water partition coefficient (Wildman–Crippen LogP) is 8.55. The third-order valence-electron chi connectivity index (χ3n) is 6.99. The molecule has 1 nitrogen and oxygen atoms in total. The summed E-state index contributed by atoms with van der Waals surface area (Å²) in [7, 11) is 0. The molecule has 0 atom stereocenters. The van der Waals surface area contributed by atoms with Gasteiger partial charge >= 0.3 is 0 Å². The molecule has 0 spiro atoms. The number of aryl methyl sites for hydroxylation is 1. The minimum Gasteiger partial charge on any atom is -0.310 e. The Kier molecular flexibility index (Phi) is 4.90. The molecule has 0 aliphatic heterocycles. The molecule has 0 saturated heterocycles. The van der Waals surface area contributed by atoms with Crippen molar-refractivity contribution in [3.63, 3.8) is 0 Å². The Morgan fingerprint density at radius 1 is 0.581 bits per heavy atom. The second kappa shape index (κ2) is 7.74. The van der Waals surface area contributed by atoms with Crippen molar-refractivity contribution in [2.75, 3.05) is 4.90 Å². The maximum Gasteiger partial charge on any atom is 0.0465 e. The SMILES string of the molecule is CCC1(CC)c2cc(C)ccc2-c2ccc(N(c3ccccc3)c3ccccc3)cc21. The van der Waals surface area contributed by atoms with Crippen LogP contribution in [0.15, 0.2) is 97.1 Å². The van der Waals surface area contributed by atoms with Gasteiger partial charge in [-0.2, -0.15) is 0 Å². The Balaban J connectivity index is 1.73. The van der Waals surface area contributed by atoms with Gasteiger partial charge in [0.05, 0.1) is 0 Å². The molecule has 1 heteroatoms. The standard InChI is InChI=1S/C30H29N/c1-4-30(5-2)28-20-22(3)16-18-26(28)27-19-17-25(21-29(27)30)31(23-12-8-6-9-13-23)24-14-10-7-11-15-24/h6-21H,4-5H2,1-3H3. The minimum atomic E-state index is 0.0751. The van der Waals surface area contributed by atoms with Gasteiger partial charge in [-0.15, -0.1) is 0 Å². The van der Waals surface area contributed by atoms with Crippen LogP contribution in [0.1, 0.15) is 43.4 Å². The molecule has 0 heterocycles. The molecule has 4 aromatic rings. The zero-order chi connectivity index (χ0) is 21.4. The van der Waals surface area contributed by atoms with E-state index in [1.54, 1.807) is 0 Å². The molecule has 0 unspecified atom stereocenters. The van der Waals surface area contributed by atoms with Gasteiger partial charge in [-0.25, -0.2) is 0 Å². The van der Waals surface area contributed by atoms with Gasteiger partial charge in [0.15, 0.2) is 0 Å². The van der Waals surface area contributed by atoms with E-state index in [0.29, 0.717) is 0 Å². The number of rotatable bonds is 5. The first kappa shape index (κ1) is 19.6. The van der Waals surface area contributed by atoms with E-state index < -0.39 is 0 Å². The highest BCUT2D eigenvalue weighted by Gasteiger charge is 2.40. The summed E-state index contributed by atoms with van der Waals surface area (Å²) >= 11 is 0. The van der Waals surface area contributed by atoms with Gasteiger partial charge in [0.1, 0.15) is 0 Å². The monoisotopic (exact) mass is 403 g/mol. The summed E-state index contributed by atoms with van der Waals surface area (Å²) in [5.41, 5.74) is 10.7. The summed E-state index contributed by atoms with van der Waals surface area (Å²) in [4.78, 5) is 2.37. The van der Waals surface area contributed by atoms with Crippen LogP contribution in [0.25, 0.3) is 11.1 Å². The van der Waals surface area contributed by atoms with Crippen molar-refractivity contribution in [1.82, 2.24) is 0 Å². The van der Waals surface area contributed by atoms with Crippen LogP contribution in [0, 0.1) is 6.92 Å². The fourth-order valence-corrected chi connectivity index (χ4v) is 5.35. The molecule has 31 heavy (non-hydrogen) atoms. The summed E-state index contributed by atoms with van der Waals surface area (Å²) in [6.45, 7) is 6.88. The first-order chi connectivity index (χ1) is 15.2. The van der Waals surface area contributed by atoms with Gasteiger partial charge < -0.3 is 4.90 Å². The van der Waals surface area contributed by atoms with Crippen molar-refractivity contribution in [3.8, 4) is 11.1 Å². The molecule has 154 valence electrons.